The van der Waals surface area contributed by atoms with Gasteiger partial charge in [0.1, 0.15) is 0 Å². The average Bonchev–Trinajstić information content (AvgIpc) is 3.41. The van der Waals surface area contributed by atoms with E-state index >= 15 is 0 Å². The molecule has 8 nitrogen and oxygen atoms in total. The largest absolute Gasteiger partial charge is 0.476 e. The van der Waals surface area contributed by atoms with Gasteiger partial charge in [0.15, 0.2) is 23.0 Å². The number of thiazole rings is 1. The number of halogens is 5. The summed E-state index contributed by atoms with van der Waals surface area (Å²) in [7, 11) is -4.05. The summed E-state index contributed by atoms with van der Waals surface area (Å²) in [5, 5.41) is 18.7. The van der Waals surface area contributed by atoms with E-state index in [2.05, 4.69) is 10.1 Å². The molecule has 36 heavy (non-hydrogen) atoms. The lowest BCUT2D eigenvalue weighted by atomic mass is 9.98. The van der Waals surface area contributed by atoms with E-state index in [-0.39, 0.29) is 21.7 Å². The average molecular weight is 544 g/mol. The fourth-order valence-corrected chi connectivity index (χ4v) is 4.65. The zero-order chi connectivity index (χ0) is 26.4. The van der Waals surface area contributed by atoms with Gasteiger partial charge in [0.2, 0.25) is 15.2 Å². The minimum atomic E-state index is -5.03. The number of carboxylic acid groups (broad SMARTS) is 1. The topological polar surface area (TPSA) is 128 Å². The van der Waals surface area contributed by atoms with E-state index in [4.69, 9.17) is 10.2 Å². The van der Waals surface area contributed by atoms with Gasteiger partial charge in [0, 0.05) is 22.9 Å². The number of carbonyl (C=O) groups is 1. The third-order valence-electron chi connectivity index (χ3n) is 4.97. The lowest BCUT2D eigenvalue weighted by Gasteiger charge is -2.12. The fourth-order valence-electron chi connectivity index (χ4n) is 3.38. The molecule has 0 bridgehead atoms. The van der Waals surface area contributed by atoms with E-state index in [0.29, 0.717) is 22.1 Å². The summed E-state index contributed by atoms with van der Waals surface area (Å²) < 4.78 is 93.8. The molecule has 0 atom stereocenters. The molecule has 0 spiro atoms. The molecule has 2 aromatic heterocycles. The van der Waals surface area contributed by atoms with Crippen molar-refractivity contribution in [1.29, 1.82) is 0 Å². The van der Waals surface area contributed by atoms with Crippen LogP contribution in [0.4, 0.5) is 22.0 Å². The van der Waals surface area contributed by atoms with E-state index < -0.39 is 62.3 Å². The van der Waals surface area contributed by atoms with Gasteiger partial charge in [-0.1, -0.05) is 12.1 Å². The van der Waals surface area contributed by atoms with Crippen molar-refractivity contribution in [1.82, 2.24) is 14.8 Å². The predicted molar refractivity (Wildman–Crippen MR) is 117 cm³/mol. The highest BCUT2D eigenvalue weighted by molar-refractivity contribution is 7.89. The first kappa shape index (κ1) is 25.4. The number of sulfonamides is 1. The van der Waals surface area contributed by atoms with Crippen molar-refractivity contribution in [2.75, 3.05) is 0 Å². The van der Waals surface area contributed by atoms with Crippen LogP contribution in [0.15, 0.2) is 52.7 Å². The number of hydrogen-bond acceptors (Lipinski definition) is 6. The van der Waals surface area contributed by atoms with Gasteiger partial charge in [-0.3, -0.25) is 0 Å². The van der Waals surface area contributed by atoms with Gasteiger partial charge < -0.3 is 5.11 Å². The van der Waals surface area contributed by atoms with Crippen LogP contribution in [0.25, 0.3) is 16.4 Å². The highest BCUT2D eigenvalue weighted by atomic mass is 32.2. The van der Waals surface area contributed by atoms with Gasteiger partial charge >= 0.3 is 12.1 Å². The molecule has 4 rings (SSSR count). The Hall–Kier alpha value is -3.69. The van der Waals surface area contributed by atoms with Crippen molar-refractivity contribution in [3.05, 3.63) is 82.0 Å². The first-order valence-corrected chi connectivity index (χ1v) is 12.1. The van der Waals surface area contributed by atoms with Crippen LogP contribution in [0.1, 0.15) is 27.3 Å². The monoisotopic (exact) mass is 544 g/mol. The Morgan fingerprint density at radius 2 is 1.75 bits per heavy atom. The molecule has 0 amide bonds. The molecule has 0 aliphatic carbocycles. The van der Waals surface area contributed by atoms with Gasteiger partial charge in [-0.05, 0) is 35.9 Å². The molecular formula is C21H13F5N4O4S2. The van der Waals surface area contributed by atoms with Gasteiger partial charge in [-0.25, -0.2) is 36.8 Å². The molecule has 3 N–H and O–H groups in total. The van der Waals surface area contributed by atoms with Crippen molar-refractivity contribution in [2.24, 2.45) is 5.14 Å². The van der Waals surface area contributed by atoms with E-state index in [1.54, 1.807) is 0 Å². The molecular weight excluding hydrogens is 531 g/mol. The van der Waals surface area contributed by atoms with E-state index in [1.165, 1.54) is 12.1 Å². The minimum Gasteiger partial charge on any atom is -0.476 e. The van der Waals surface area contributed by atoms with Crippen LogP contribution >= 0.6 is 11.3 Å². The van der Waals surface area contributed by atoms with Crippen LogP contribution in [-0.2, 0) is 22.6 Å². The lowest BCUT2D eigenvalue weighted by molar-refractivity contribution is -0.143. The van der Waals surface area contributed by atoms with Gasteiger partial charge in [0.05, 0.1) is 10.6 Å². The van der Waals surface area contributed by atoms with Crippen LogP contribution in [0, 0.1) is 11.6 Å². The predicted octanol–water partition coefficient (Wildman–Crippen LogP) is 4.23. The molecule has 0 aliphatic rings. The maximum atomic E-state index is 14.3. The molecule has 4 aromatic rings. The summed E-state index contributed by atoms with van der Waals surface area (Å²) in [5.41, 5.74) is -2.59. The third-order valence-corrected chi connectivity index (χ3v) is 6.72. The fraction of sp³-hybridized carbons (Fsp3) is 0.0952. The van der Waals surface area contributed by atoms with Crippen molar-refractivity contribution in [2.45, 2.75) is 17.5 Å². The molecule has 0 radical (unpaired) electrons. The molecule has 2 aromatic carbocycles. The van der Waals surface area contributed by atoms with Crippen LogP contribution in [-0.4, -0.2) is 34.3 Å². The highest BCUT2D eigenvalue weighted by Crippen LogP contribution is 2.40. The highest BCUT2D eigenvalue weighted by Gasteiger charge is 2.41. The van der Waals surface area contributed by atoms with Gasteiger partial charge in [-0.15, -0.1) is 11.3 Å². The number of benzene rings is 2. The maximum absolute atomic E-state index is 14.3. The summed E-state index contributed by atoms with van der Waals surface area (Å²) in [6.07, 6.45) is -5.49. The smallest absolute Gasteiger partial charge is 0.433 e. The molecule has 0 aliphatic heterocycles. The number of aromatic carboxylic acids is 1. The molecule has 0 fully saturated rings. The number of primary sulfonamides is 1. The molecule has 0 unspecified atom stereocenters. The number of carboxylic acids is 1. The SMILES string of the molecule is NS(=O)(=O)c1ccc(Cc2c(-c3ccc(F)c(F)c3)nn(-c3nc(C(=O)O)cs3)c2C(F)(F)F)cc1. The molecule has 0 saturated carbocycles. The van der Waals surface area contributed by atoms with Crippen molar-refractivity contribution >= 4 is 27.3 Å². The Bertz CT molecular complexity index is 1580. The second-order valence-corrected chi connectivity index (χ2v) is 9.80. The molecule has 0 saturated heterocycles. The Balaban J connectivity index is 1.95. The Labute approximate surface area is 203 Å². The Morgan fingerprint density at radius 1 is 1.08 bits per heavy atom. The number of nitrogens with zero attached hydrogens (tertiary/aromatic N) is 3. The first-order chi connectivity index (χ1) is 16.8. The van der Waals surface area contributed by atoms with Crippen LogP contribution < -0.4 is 5.14 Å². The van der Waals surface area contributed by atoms with Gasteiger partial charge in [-0.2, -0.15) is 18.3 Å². The molecule has 15 heteroatoms. The Kier molecular flexibility index (Phi) is 6.40. The molecule has 2 heterocycles. The number of hydrogen-bond donors (Lipinski definition) is 2. The first-order valence-electron chi connectivity index (χ1n) is 9.71. The normalized spacial score (nSPS) is 12.2. The van der Waals surface area contributed by atoms with E-state index in [1.807, 2.05) is 0 Å². The Morgan fingerprint density at radius 3 is 2.28 bits per heavy atom. The van der Waals surface area contributed by atoms with Crippen LogP contribution in [0.5, 0.6) is 0 Å². The summed E-state index contributed by atoms with van der Waals surface area (Å²) in [4.78, 5) is 14.6. The minimum absolute atomic E-state index is 0.177. The standard InChI is InChI=1S/C21H13F5N4O4S2/c22-14-6-3-11(8-15(14)23)17-13(7-10-1-4-12(5-2-10)36(27,33)34)18(21(24,25)26)30(29-17)20-28-16(9-35-20)19(31)32/h1-6,8-9H,7H2,(H,31,32)(H2,27,33,34). The van der Waals surface area contributed by atoms with Crippen molar-refractivity contribution in [3.63, 3.8) is 0 Å². The summed E-state index contributed by atoms with van der Waals surface area (Å²) >= 11 is 0.589. The lowest BCUT2D eigenvalue weighted by Crippen LogP contribution is -2.16. The zero-order valence-electron chi connectivity index (χ0n) is 17.6. The number of aromatic nitrogens is 3. The number of alkyl halides is 3. The summed E-state index contributed by atoms with van der Waals surface area (Å²) in [5.74, 6) is -4.00. The van der Waals surface area contributed by atoms with E-state index in [9.17, 15) is 35.2 Å². The third kappa shape index (κ3) is 4.98. The number of rotatable bonds is 6. The zero-order valence-corrected chi connectivity index (χ0v) is 19.3. The number of nitrogens with two attached hydrogens (primary N) is 1. The van der Waals surface area contributed by atoms with Crippen molar-refractivity contribution < 1.29 is 40.3 Å². The quantitative estimate of drug-likeness (QED) is 0.350. The maximum Gasteiger partial charge on any atom is 0.433 e. The molecule has 188 valence electrons. The summed E-state index contributed by atoms with van der Waals surface area (Å²) in [6, 6.07) is 7.17. The second-order valence-electron chi connectivity index (χ2n) is 7.40. The van der Waals surface area contributed by atoms with Crippen LogP contribution in [0.3, 0.4) is 0 Å². The second kappa shape index (κ2) is 9.07. The van der Waals surface area contributed by atoms with Crippen LogP contribution in [0.2, 0.25) is 0 Å². The van der Waals surface area contributed by atoms with Crippen molar-refractivity contribution in [3.8, 4) is 16.4 Å². The van der Waals surface area contributed by atoms with E-state index in [0.717, 1.165) is 29.6 Å². The van der Waals surface area contributed by atoms with Gasteiger partial charge in [0.25, 0.3) is 0 Å². The summed E-state index contributed by atoms with van der Waals surface area (Å²) in [6.45, 7) is 0.